The Labute approximate surface area is 106 Å². The molecular formula is C12H10FN5O. The van der Waals surface area contributed by atoms with Gasteiger partial charge in [0.15, 0.2) is 11.2 Å². The molecule has 2 heterocycles. The normalized spacial score (nSPS) is 10.8. The fraction of sp³-hybridized carbons (Fsp3) is 0.0833. The first-order valence-electron chi connectivity index (χ1n) is 5.64. The highest BCUT2D eigenvalue weighted by atomic mass is 19.1. The van der Waals surface area contributed by atoms with E-state index in [0.717, 1.165) is 5.56 Å². The van der Waals surface area contributed by atoms with Crippen molar-refractivity contribution in [3.8, 4) is 0 Å². The van der Waals surface area contributed by atoms with Crippen molar-refractivity contribution in [1.82, 2.24) is 19.9 Å². The van der Waals surface area contributed by atoms with Gasteiger partial charge in [-0.15, -0.1) is 0 Å². The minimum absolute atomic E-state index is 0.300. The highest BCUT2D eigenvalue weighted by Crippen LogP contribution is 2.07. The van der Waals surface area contributed by atoms with Gasteiger partial charge in [-0.25, -0.2) is 9.37 Å². The molecule has 3 N–H and O–H groups in total. The second-order valence-electron chi connectivity index (χ2n) is 4.00. The molecule has 0 aliphatic carbocycles. The summed E-state index contributed by atoms with van der Waals surface area (Å²) in [5.41, 5.74) is 1.12. The van der Waals surface area contributed by atoms with Gasteiger partial charge in [0.25, 0.3) is 5.56 Å². The standard InChI is InChI=1S/C12H10FN5O/c13-8-3-1-2-7(4-8)5-14-12-17-10-9(11(19)18-12)15-6-16-10/h1-4,6H,5H2,(H3,14,15,16,17,18,19). The maximum absolute atomic E-state index is 13.0. The smallest absolute Gasteiger partial charge is 0.278 e. The molecule has 96 valence electrons. The molecule has 2 aromatic heterocycles. The van der Waals surface area contributed by atoms with Crippen LogP contribution in [-0.2, 0) is 6.54 Å². The first-order valence-corrected chi connectivity index (χ1v) is 5.64. The Hall–Kier alpha value is -2.70. The highest BCUT2D eigenvalue weighted by molar-refractivity contribution is 5.69. The minimum atomic E-state index is -0.302. The summed E-state index contributed by atoms with van der Waals surface area (Å²) in [7, 11) is 0. The summed E-state index contributed by atoms with van der Waals surface area (Å²) in [6.45, 7) is 0.358. The van der Waals surface area contributed by atoms with Crippen LogP contribution in [0.2, 0.25) is 0 Å². The fourth-order valence-corrected chi connectivity index (χ4v) is 1.76. The Morgan fingerprint density at radius 3 is 3.11 bits per heavy atom. The van der Waals surface area contributed by atoms with Gasteiger partial charge in [0.2, 0.25) is 5.95 Å². The summed E-state index contributed by atoms with van der Waals surface area (Å²) >= 11 is 0. The molecule has 0 atom stereocenters. The summed E-state index contributed by atoms with van der Waals surface area (Å²) in [6, 6.07) is 6.19. The Morgan fingerprint density at radius 2 is 2.26 bits per heavy atom. The first kappa shape index (κ1) is 11.4. The number of imidazole rings is 1. The number of H-pyrrole nitrogens is 2. The van der Waals surface area contributed by atoms with E-state index >= 15 is 0 Å². The van der Waals surface area contributed by atoms with E-state index in [0.29, 0.717) is 23.7 Å². The maximum atomic E-state index is 13.0. The van der Waals surface area contributed by atoms with E-state index < -0.39 is 0 Å². The van der Waals surface area contributed by atoms with Crippen molar-refractivity contribution >= 4 is 17.1 Å². The Kier molecular flexibility index (Phi) is 2.71. The van der Waals surface area contributed by atoms with Gasteiger partial charge >= 0.3 is 0 Å². The van der Waals surface area contributed by atoms with Crippen LogP contribution in [0.25, 0.3) is 11.2 Å². The molecule has 6 nitrogen and oxygen atoms in total. The molecule has 0 bridgehead atoms. The van der Waals surface area contributed by atoms with Crippen LogP contribution in [0, 0.1) is 5.82 Å². The number of halogens is 1. The molecule has 0 radical (unpaired) electrons. The Balaban J connectivity index is 1.83. The third-order valence-corrected chi connectivity index (χ3v) is 2.65. The lowest BCUT2D eigenvalue weighted by Gasteiger charge is -2.05. The number of nitrogens with zero attached hydrogens (tertiary/aromatic N) is 2. The van der Waals surface area contributed by atoms with Crippen molar-refractivity contribution in [2.75, 3.05) is 5.32 Å². The van der Waals surface area contributed by atoms with E-state index in [-0.39, 0.29) is 11.4 Å². The summed E-state index contributed by atoms with van der Waals surface area (Å²) in [4.78, 5) is 25.0. The second kappa shape index (κ2) is 4.52. The van der Waals surface area contributed by atoms with Gasteiger partial charge in [0, 0.05) is 6.54 Å². The molecule has 0 spiro atoms. The summed E-state index contributed by atoms with van der Waals surface area (Å²) in [5, 5.41) is 2.92. The number of hydrogen-bond donors (Lipinski definition) is 3. The monoisotopic (exact) mass is 259 g/mol. The molecule has 0 aliphatic heterocycles. The van der Waals surface area contributed by atoms with Crippen molar-refractivity contribution < 1.29 is 4.39 Å². The third kappa shape index (κ3) is 2.30. The summed E-state index contributed by atoms with van der Waals surface area (Å²) in [5.74, 6) is -0.00244. The van der Waals surface area contributed by atoms with Crippen molar-refractivity contribution in [3.63, 3.8) is 0 Å². The lowest BCUT2D eigenvalue weighted by Crippen LogP contribution is -2.13. The summed E-state index contributed by atoms with van der Waals surface area (Å²) < 4.78 is 13.0. The van der Waals surface area contributed by atoms with E-state index in [9.17, 15) is 9.18 Å². The molecule has 3 rings (SSSR count). The van der Waals surface area contributed by atoms with Crippen LogP contribution >= 0.6 is 0 Å². The maximum Gasteiger partial charge on any atom is 0.278 e. The lowest BCUT2D eigenvalue weighted by molar-refractivity contribution is 0.626. The molecule has 0 saturated carbocycles. The molecule has 7 heteroatoms. The lowest BCUT2D eigenvalue weighted by atomic mass is 10.2. The van der Waals surface area contributed by atoms with Gasteiger partial charge in [-0.05, 0) is 17.7 Å². The number of fused-ring (bicyclic) bond motifs is 1. The van der Waals surface area contributed by atoms with Gasteiger partial charge in [0.05, 0.1) is 6.33 Å². The number of nitrogens with one attached hydrogen (secondary N) is 3. The van der Waals surface area contributed by atoms with E-state index in [1.165, 1.54) is 18.5 Å². The van der Waals surface area contributed by atoms with Gasteiger partial charge < -0.3 is 10.3 Å². The van der Waals surface area contributed by atoms with Gasteiger partial charge in [-0.3, -0.25) is 9.78 Å². The average molecular weight is 259 g/mol. The summed E-state index contributed by atoms with van der Waals surface area (Å²) in [6.07, 6.45) is 1.41. The van der Waals surface area contributed by atoms with Crippen LogP contribution in [0.1, 0.15) is 5.56 Å². The van der Waals surface area contributed by atoms with E-state index in [1.54, 1.807) is 12.1 Å². The van der Waals surface area contributed by atoms with Crippen LogP contribution in [0.5, 0.6) is 0 Å². The van der Waals surface area contributed by atoms with Gasteiger partial charge in [0.1, 0.15) is 5.82 Å². The van der Waals surface area contributed by atoms with Crippen molar-refractivity contribution in [2.24, 2.45) is 0 Å². The molecule has 0 amide bonds. The highest BCUT2D eigenvalue weighted by Gasteiger charge is 2.05. The van der Waals surface area contributed by atoms with E-state index in [4.69, 9.17) is 0 Å². The van der Waals surface area contributed by atoms with Crippen LogP contribution in [-0.4, -0.2) is 19.9 Å². The van der Waals surface area contributed by atoms with Crippen molar-refractivity contribution in [1.29, 1.82) is 0 Å². The topological polar surface area (TPSA) is 86.5 Å². The number of rotatable bonds is 3. The molecule has 3 aromatic rings. The van der Waals surface area contributed by atoms with Crippen molar-refractivity contribution in [2.45, 2.75) is 6.54 Å². The fourth-order valence-electron chi connectivity index (χ4n) is 1.76. The van der Waals surface area contributed by atoms with Crippen LogP contribution < -0.4 is 10.9 Å². The quantitative estimate of drug-likeness (QED) is 0.663. The van der Waals surface area contributed by atoms with Gasteiger partial charge in [-0.1, -0.05) is 12.1 Å². The molecule has 0 unspecified atom stereocenters. The zero-order chi connectivity index (χ0) is 13.2. The first-order chi connectivity index (χ1) is 9.22. The molecule has 0 fully saturated rings. The van der Waals surface area contributed by atoms with Crippen LogP contribution in [0.3, 0.4) is 0 Å². The molecular weight excluding hydrogens is 249 g/mol. The minimum Gasteiger partial charge on any atom is -0.352 e. The zero-order valence-corrected chi connectivity index (χ0v) is 9.77. The zero-order valence-electron chi connectivity index (χ0n) is 9.77. The number of aromatic nitrogens is 4. The predicted octanol–water partition coefficient (Wildman–Crippen LogP) is 1.40. The third-order valence-electron chi connectivity index (χ3n) is 2.65. The van der Waals surface area contributed by atoms with Crippen LogP contribution in [0.4, 0.5) is 10.3 Å². The van der Waals surface area contributed by atoms with E-state index in [2.05, 4.69) is 25.3 Å². The predicted molar refractivity (Wildman–Crippen MR) is 68.2 cm³/mol. The average Bonchev–Trinajstić information content (AvgIpc) is 2.85. The molecule has 0 saturated heterocycles. The second-order valence-corrected chi connectivity index (χ2v) is 4.00. The number of aromatic amines is 2. The Bertz CT molecular complexity index is 779. The largest absolute Gasteiger partial charge is 0.352 e. The van der Waals surface area contributed by atoms with Crippen LogP contribution in [0.15, 0.2) is 35.4 Å². The van der Waals surface area contributed by atoms with E-state index in [1.807, 2.05) is 0 Å². The number of hydrogen-bond acceptors (Lipinski definition) is 4. The molecule has 1 aromatic carbocycles. The Morgan fingerprint density at radius 1 is 1.37 bits per heavy atom. The van der Waals surface area contributed by atoms with Gasteiger partial charge in [-0.2, -0.15) is 4.98 Å². The SMILES string of the molecule is O=c1[nH]c(NCc2cccc(F)c2)nc2nc[nH]c12. The molecule has 19 heavy (non-hydrogen) atoms. The van der Waals surface area contributed by atoms with Crippen molar-refractivity contribution in [3.05, 3.63) is 52.3 Å². The number of anilines is 1. The molecule has 0 aliphatic rings. The number of benzene rings is 1.